The summed E-state index contributed by atoms with van der Waals surface area (Å²) in [6.45, 7) is 0. The molecule has 3 nitrogen and oxygen atoms in total. The van der Waals surface area contributed by atoms with Gasteiger partial charge in [0, 0.05) is 15.9 Å². The normalized spacial score (nSPS) is 15.4. The Morgan fingerprint density at radius 2 is 1.90 bits per heavy atom. The molecule has 0 aromatic heterocycles. The summed E-state index contributed by atoms with van der Waals surface area (Å²) in [5.74, 6) is 1.26. The van der Waals surface area contributed by atoms with E-state index in [2.05, 4.69) is 32.5 Å². The van der Waals surface area contributed by atoms with E-state index in [1.54, 1.807) is 11.8 Å². The Hall–Kier alpha value is -0.810. The molecule has 0 atom stereocenters. The Kier molecular flexibility index (Phi) is 7.30. The largest absolute Gasteiger partial charge is 0.272 e. The number of halogens is 1. The van der Waals surface area contributed by atoms with Crippen LogP contribution in [0.3, 0.4) is 0 Å². The molecule has 1 aliphatic carbocycles. The molecular weight excluding hydrogens is 348 g/mol. The van der Waals surface area contributed by atoms with E-state index in [1.165, 1.54) is 31.2 Å². The molecule has 1 aliphatic rings. The minimum absolute atomic E-state index is 0.0104. The van der Waals surface area contributed by atoms with Crippen molar-refractivity contribution >= 4 is 39.3 Å². The van der Waals surface area contributed by atoms with Crippen molar-refractivity contribution < 1.29 is 4.79 Å². The van der Waals surface area contributed by atoms with Gasteiger partial charge >= 0.3 is 0 Å². The van der Waals surface area contributed by atoms with Crippen LogP contribution in [-0.4, -0.2) is 17.4 Å². The molecule has 0 radical (unpaired) electrons. The summed E-state index contributed by atoms with van der Waals surface area (Å²) in [6.07, 6.45) is 7.04. The number of hydrazone groups is 1. The van der Waals surface area contributed by atoms with Gasteiger partial charge in [-0.1, -0.05) is 47.0 Å². The molecule has 1 aromatic rings. The summed E-state index contributed by atoms with van der Waals surface area (Å²) in [4.78, 5) is 11.8. The number of nitrogens with zero attached hydrogens (tertiary/aromatic N) is 1. The van der Waals surface area contributed by atoms with Gasteiger partial charge in [0.15, 0.2) is 0 Å². The number of hydrogen-bond donors (Lipinski definition) is 1. The van der Waals surface area contributed by atoms with Crippen LogP contribution in [0.15, 0.2) is 33.8 Å². The predicted molar refractivity (Wildman–Crippen MR) is 93.6 cm³/mol. The van der Waals surface area contributed by atoms with Gasteiger partial charge in [-0.2, -0.15) is 5.10 Å². The number of rotatable bonds is 5. The van der Waals surface area contributed by atoms with Gasteiger partial charge < -0.3 is 0 Å². The van der Waals surface area contributed by atoms with Crippen LogP contribution in [0.25, 0.3) is 0 Å². The van der Waals surface area contributed by atoms with Crippen LogP contribution in [0.2, 0.25) is 0 Å². The summed E-state index contributed by atoms with van der Waals surface area (Å²) in [6, 6.07) is 8.10. The Morgan fingerprint density at radius 1 is 1.19 bits per heavy atom. The number of thioether (sulfide) groups is 1. The zero-order valence-electron chi connectivity index (χ0n) is 12.1. The van der Waals surface area contributed by atoms with E-state index in [1.807, 2.05) is 18.2 Å². The van der Waals surface area contributed by atoms with Crippen LogP contribution in [0.4, 0.5) is 0 Å². The molecule has 0 spiro atoms. The average Bonchev–Trinajstić information content (AvgIpc) is 2.76. The van der Waals surface area contributed by atoms with Crippen molar-refractivity contribution in [3.8, 4) is 0 Å². The third-order valence-electron chi connectivity index (χ3n) is 3.47. The van der Waals surface area contributed by atoms with Crippen molar-refractivity contribution in [1.29, 1.82) is 0 Å². The van der Waals surface area contributed by atoms with Gasteiger partial charge in [0.2, 0.25) is 5.91 Å². The number of amides is 1. The molecule has 5 heteroatoms. The molecule has 1 N–H and O–H groups in total. The number of carbonyl (C=O) groups excluding carboxylic acids is 1. The lowest BCUT2D eigenvalue weighted by molar-refractivity contribution is -0.118. The minimum Gasteiger partial charge on any atom is -0.272 e. The highest BCUT2D eigenvalue weighted by molar-refractivity contribution is 9.10. The summed E-state index contributed by atoms with van der Waals surface area (Å²) >= 11 is 5.13. The van der Waals surface area contributed by atoms with E-state index < -0.39 is 0 Å². The molecule has 114 valence electrons. The highest BCUT2D eigenvalue weighted by Gasteiger charge is 2.07. The first-order chi connectivity index (χ1) is 10.3. The maximum atomic E-state index is 11.8. The highest BCUT2D eigenvalue weighted by Crippen LogP contribution is 2.21. The molecule has 1 fully saturated rings. The first-order valence-electron chi connectivity index (χ1n) is 7.41. The first-order valence-corrected chi connectivity index (χ1v) is 9.36. The molecule has 0 bridgehead atoms. The third kappa shape index (κ3) is 6.22. The second-order valence-electron chi connectivity index (χ2n) is 5.21. The SMILES string of the molecule is O=C(CSCc1ccccc1Br)NN=C1CCCCCC1. The summed E-state index contributed by atoms with van der Waals surface area (Å²) in [5.41, 5.74) is 5.06. The molecule has 1 saturated carbocycles. The Labute approximate surface area is 139 Å². The topological polar surface area (TPSA) is 41.5 Å². The maximum Gasteiger partial charge on any atom is 0.250 e. The van der Waals surface area contributed by atoms with Crippen molar-refractivity contribution in [2.45, 2.75) is 44.3 Å². The quantitative estimate of drug-likeness (QED) is 0.613. The Balaban J connectivity index is 1.70. The van der Waals surface area contributed by atoms with Crippen molar-refractivity contribution in [2.75, 3.05) is 5.75 Å². The van der Waals surface area contributed by atoms with Crippen LogP contribution in [0.5, 0.6) is 0 Å². The van der Waals surface area contributed by atoms with Crippen molar-refractivity contribution in [3.63, 3.8) is 0 Å². The minimum atomic E-state index is -0.0104. The van der Waals surface area contributed by atoms with Gasteiger partial charge in [-0.3, -0.25) is 4.79 Å². The Bertz CT molecular complexity index is 495. The van der Waals surface area contributed by atoms with Crippen molar-refractivity contribution in [1.82, 2.24) is 5.43 Å². The van der Waals surface area contributed by atoms with E-state index in [9.17, 15) is 4.79 Å². The lowest BCUT2D eigenvalue weighted by atomic mass is 10.2. The van der Waals surface area contributed by atoms with E-state index in [-0.39, 0.29) is 5.91 Å². The second-order valence-corrected chi connectivity index (χ2v) is 7.05. The Morgan fingerprint density at radius 3 is 2.62 bits per heavy atom. The molecule has 1 aromatic carbocycles. The number of nitrogens with one attached hydrogen (secondary N) is 1. The molecule has 0 saturated heterocycles. The van der Waals surface area contributed by atoms with Gasteiger partial charge in [-0.25, -0.2) is 5.43 Å². The van der Waals surface area contributed by atoms with Gasteiger partial charge in [0.25, 0.3) is 0 Å². The van der Waals surface area contributed by atoms with E-state index >= 15 is 0 Å². The van der Waals surface area contributed by atoms with E-state index in [4.69, 9.17) is 0 Å². The first kappa shape index (κ1) is 16.6. The number of carbonyl (C=O) groups is 1. The average molecular weight is 369 g/mol. The van der Waals surface area contributed by atoms with Crippen molar-refractivity contribution in [3.05, 3.63) is 34.3 Å². The highest BCUT2D eigenvalue weighted by atomic mass is 79.9. The standard InChI is InChI=1S/C16H21BrN2OS/c17-15-10-6-5-7-13(15)11-21-12-16(20)19-18-14-8-3-1-2-4-9-14/h5-7,10H,1-4,8-9,11-12H2,(H,19,20). The molecule has 0 heterocycles. The molecule has 21 heavy (non-hydrogen) atoms. The number of benzene rings is 1. The number of hydrogen-bond acceptors (Lipinski definition) is 3. The van der Waals surface area contributed by atoms with E-state index in [0.29, 0.717) is 5.75 Å². The molecule has 0 unspecified atom stereocenters. The summed E-state index contributed by atoms with van der Waals surface area (Å²) in [5, 5.41) is 4.28. The van der Waals surface area contributed by atoms with Crippen LogP contribution in [0.1, 0.15) is 44.1 Å². The molecular formula is C16H21BrN2OS. The van der Waals surface area contributed by atoms with Gasteiger partial charge in [-0.05, 0) is 37.3 Å². The van der Waals surface area contributed by atoms with Crippen LogP contribution >= 0.6 is 27.7 Å². The summed E-state index contributed by atoms with van der Waals surface area (Å²) < 4.78 is 1.09. The lowest BCUT2D eigenvalue weighted by Crippen LogP contribution is -2.21. The molecule has 1 amide bonds. The van der Waals surface area contributed by atoms with Crippen LogP contribution < -0.4 is 5.43 Å². The maximum absolute atomic E-state index is 11.8. The fourth-order valence-electron chi connectivity index (χ4n) is 2.29. The zero-order chi connectivity index (χ0) is 14.9. The predicted octanol–water partition coefficient (Wildman–Crippen LogP) is 4.51. The third-order valence-corrected chi connectivity index (χ3v) is 5.22. The van der Waals surface area contributed by atoms with Gasteiger partial charge in [-0.15, -0.1) is 11.8 Å². The monoisotopic (exact) mass is 368 g/mol. The van der Waals surface area contributed by atoms with Gasteiger partial charge in [0.1, 0.15) is 0 Å². The van der Waals surface area contributed by atoms with Crippen LogP contribution in [-0.2, 0) is 10.5 Å². The smallest absolute Gasteiger partial charge is 0.250 e. The van der Waals surface area contributed by atoms with E-state index in [0.717, 1.165) is 28.8 Å². The van der Waals surface area contributed by atoms with Gasteiger partial charge in [0.05, 0.1) is 5.75 Å². The molecule has 2 rings (SSSR count). The lowest BCUT2D eigenvalue weighted by Gasteiger charge is -2.05. The fourth-order valence-corrected chi connectivity index (χ4v) is 3.73. The second kappa shape index (κ2) is 9.26. The van der Waals surface area contributed by atoms with Crippen LogP contribution in [0, 0.1) is 0 Å². The summed E-state index contributed by atoms with van der Waals surface area (Å²) in [7, 11) is 0. The van der Waals surface area contributed by atoms with Crippen molar-refractivity contribution in [2.24, 2.45) is 5.10 Å². The zero-order valence-corrected chi connectivity index (χ0v) is 14.5. The fraction of sp³-hybridized carbons (Fsp3) is 0.500. The molecule has 0 aliphatic heterocycles.